The number of imide groups is 1. The lowest BCUT2D eigenvalue weighted by atomic mass is 9.81. The predicted octanol–water partition coefficient (Wildman–Crippen LogP) is 4.43. The first-order chi connectivity index (χ1) is 13.0. The fraction of sp³-hybridized carbons (Fsp3) is 0.300. The van der Waals surface area contributed by atoms with E-state index in [9.17, 15) is 19.7 Å². The molecular formula is C20H18N2O4S. The van der Waals surface area contributed by atoms with Crippen LogP contribution in [-0.4, -0.2) is 16.7 Å². The third-order valence-electron chi connectivity index (χ3n) is 5.22. The van der Waals surface area contributed by atoms with E-state index in [2.05, 4.69) is 0 Å². The van der Waals surface area contributed by atoms with Gasteiger partial charge in [-0.25, -0.2) is 0 Å². The van der Waals surface area contributed by atoms with Gasteiger partial charge in [-0.05, 0) is 49.2 Å². The van der Waals surface area contributed by atoms with Gasteiger partial charge in [-0.2, -0.15) is 0 Å². The van der Waals surface area contributed by atoms with Gasteiger partial charge in [0.2, 0.25) is 11.8 Å². The van der Waals surface area contributed by atoms with Gasteiger partial charge in [0.1, 0.15) is 0 Å². The maximum atomic E-state index is 12.7. The summed E-state index contributed by atoms with van der Waals surface area (Å²) in [6.07, 6.45) is 3.64. The van der Waals surface area contributed by atoms with Crippen molar-refractivity contribution >= 4 is 35.0 Å². The lowest BCUT2D eigenvalue weighted by molar-refractivity contribution is -0.384. The van der Waals surface area contributed by atoms with Crippen molar-refractivity contribution in [2.24, 2.45) is 11.8 Å². The van der Waals surface area contributed by atoms with E-state index in [4.69, 9.17) is 0 Å². The van der Waals surface area contributed by atoms with Crippen LogP contribution in [0.2, 0.25) is 0 Å². The monoisotopic (exact) mass is 382 g/mol. The number of benzene rings is 2. The van der Waals surface area contributed by atoms with E-state index in [0.29, 0.717) is 5.69 Å². The Morgan fingerprint density at radius 2 is 1.33 bits per heavy atom. The third-order valence-corrected chi connectivity index (χ3v) is 6.24. The van der Waals surface area contributed by atoms with Gasteiger partial charge in [0.15, 0.2) is 0 Å². The summed E-state index contributed by atoms with van der Waals surface area (Å²) in [7, 11) is 0. The number of hydrogen-bond donors (Lipinski definition) is 0. The number of nitro benzene ring substituents is 1. The van der Waals surface area contributed by atoms with Crippen LogP contribution in [0.15, 0.2) is 58.3 Å². The number of anilines is 1. The number of amides is 2. The van der Waals surface area contributed by atoms with Gasteiger partial charge in [-0.15, -0.1) is 0 Å². The molecule has 1 aliphatic carbocycles. The largest absolute Gasteiger partial charge is 0.274 e. The minimum absolute atomic E-state index is 0.0576. The summed E-state index contributed by atoms with van der Waals surface area (Å²) in [6.45, 7) is 0. The summed E-state index contributed by atoms with van der Waals surface area (Å²) in [5, 5.41) is 10.7. The van der Waals surface area contributed by atoms with Crippen LogP contribution in [0, 0.1) is 22.0 Å². The summed E-state index contributed by atoms with van der Waals surface area (Å²) >= 11 is 1.47. The molecule has 138 valence electrons. The maximum absolute atomic E-state index is 12.7. The molecule has 7 heteroatoms. The SMILES string of the molecule is O=C1C2CCCCC2C(=O)N1c1ccc(Sc2ccc([N+](=O)[O-])cc2)cc1. The van der Waals surface area contributed by atoms with Crippen LogP contribution in [0.25, 0.3) is 0 Å². The van der Waals surface area contributed by atoms with Gasteiger partial charge in [0.25, 0.3) is 5.69 Å². The summed E-state index contributed by atoms with van der Waals surface area (Å²) in [5.41, 5.74) is 0.676. The highest BCUT2D eigenvalue weighted by Crippen LogP contribution is 2.40. The summed E-state index contributed by atoms with van der Waals surface area (Å²) in [5.74, 6) is -0.443. The Bertz CT molecular complexity index is 871. The molecule has 0 N–H and O–H groups in total. The zero-order valence-corrected chi connectivity index (χ0v) is 15.4. The van der Waals surface area contributed by atoms with Crippen LogP contribution in [0.4, 0.5) is 11.4 Å². The number of carbonyl (C=O) groups excluding carboxylic acids is 2. The Kier molecular flexibility index (Phi) is 4.70. The number of fused-ring (bicyclic) bond motifs is 1. The molecule has 0 radical (unpaired) electrons. The lowest BCUT2D eigenvalue weighted by Gasteiger charge is -2.19. The zero-order chi connectivity index (χ0) is 19.0. The first kappa shape index (κ1) is 17.7. The van der Waals surface area contributed by atoms with Crippen LogP contribution in [0.3, 0.4) is 0 Å². The van der Waals surface area contributed by atoms with Crippen molar-refractivity contribution in [2.75, 3.05) is 4.90 Å². The Labute approximate surface area is 160 Å². The average molecular weight is 382 g/mol. The van der Waals surface area contributed by atoms with Crippen LogP contribution in [0.5, 0.6) is 0 Å². The molecule has 2 amide bonds. The van der Waals surface area contributed by atoms with E-state index in [-0.39, 0.29) is 29.3 Å². The van der Waals surface area contributed by atoms with Gasteiger partial charge in [0.05, 0.1) is 22.4 Å². The van der Waals surface area contributed by atoms with Gasteiger partial charge in [0, 0.05) is 21.9 Å². The van der Waals surface area contributed by atoms with Crippen LogP contribution in [0.1, 0.15) is 25.7 Å². The molecule has 0 spiro atoms. The highest BCUT2D eigenvalue weighted by atomic mass is 32.2. The minimum Gasteiger partial charge on any atom is -0.274 e. The Morgan fingerprint density at radius 1 is 0.852 bits per heavy atom. The van der Waals surface area contributed by atoms with E-state index < -0.39 is 4.92 Å². The fourth-order valence-corrected chi connectivity index (χ4v) is 4.67. The first-order valence-electron chi connectivity index (χ1n) is 8.95. The Balaban J connectivity index is 1.49. The molecule has 0 aromatic heterocycles. The quantitative estimate of drug-likeness (QED) is 0.444. The van der Waals surface area contributed by atoms with Gasteiger partial charge >= 0.3 is 0 Å². The average Bonchev–Trinajstić information content (AvgIpc) is 2.94. The second-order valence-corrected chi connectivity index (χ2v) is 8.00. The Morgan fingerprint density at radius 3 is 1.81 bits per heavy atom. The number of non-ortho nitro benzene ring substituents is 1. The molecule has 4 rings (SSSR count). The fourth-order valence-electron chi connectivity index (χ4n) is 3.85. The predicted molar refractivity (Wildman–Crippen MR) is 102 cm³/mol. The van der Waals surface area contributed by atoms with Crippen molar-refractivity contribution in [1.29, 1.82) is 0 Å². The van der Waals surface area contributed by atoms with Gasteiger partial charge in [-0.1, -0.05) is 24.6 Å². The molecule has 2 aliphatic rings. The van der Waals surface area contributed by atoms with Crippen molar-refractivity contribution < 1.29 is 14.5 Å². The lowest BCUT2D eigenvalue weighted by Crippen LogP contribution is -2.30. The van der Waals surface area contributed by atoms with Crippen molar-refractivity contribution in [3.05, 3.63) is 58.6 Å². The molecule has 2 fully saturated rings. The Hall–Kier alpha value is -2.67. The smallest absolute Gasteiger partial charge is 0.269 e. The van der Waals surface area contributed by atoms with E-state index in [1.54, 1.807) is 24.3 Å². The van der Waals surface area contributed by atoms with Crippen LogP contribution >= 0.6 is 11.8 Å². The molecule has 2 atom stereocenters. The molecule has 27 heavy (non-hydrogen) atoms. The second kappa shape index (κ2) is 7.15. The molecular weight excluding hydrogens is 364 g/mol. The topological polar surface area (TPSA) is 80.5 Å². The molecule has 1 saturated heterocycles. The highest BCUT2D eigenvalue weighted by Gasteiger charge is 2.48. The van der Waals surface area contributed by atoms with Gasteiger partial charge < -0.3 is 0 Å². The second-order valence-electron chi connectivity index (χ2n) is 6.86. The first-order valence-corrected chi connectivity index (χ1v) is 9.76. The molecule has 2 unspecified atom stereocenters. The highest BCUT2D eigenvalue weighted by molar-refractivity contribution is 7.99. The minimum atomic E-state index is -0.426. The summed E-state index contributed by atoms with van der Waals surface area (Å²) in [4.78, 5) is 38.8. The van der Waals surface area contributed by atoms with E-state index in [1.807, 2.05) is 12.1 Å². The third kappa shape index (κ3) is 3.35. The molecule has 6 nitrogen and oxygen atoms in total. The van der Waals surface area contributed by atoms with E-state index >= 15 is 0 Å². The number of nitro groups is 1. The number of rotatable bonds is 4. The maximum Gasteiger partial charge on any atom is 0.269 e. The molecule has 2 aromatic rings. The molecule has 1 saturated carbocycles. The van der Waals surface area contributed by atoms with E-state index in [1.165, 1.54) is 28.8 Å². The molecule has 0 bridgehead atoms. The standard InChI is InChI=1S/C20H18N2O4S/c23-19-17-3-1-2-4-18(17)20(24)21(19)13-5-9-15(10-6-13)27-16-11-7-14(8-12-16)22(25)26/h5-12,17-18H,1-4H2. The summed E-state index contributed by atoms with van der Waals surface area (Å²) in [6, 6.07) is 13.7. The number of hydrogen-bond acceptors (Lipinski definition) is 5. The number of carbonyl (C=O) groups is 2. The number of nitrogens with zero attached hydrogens (tertiary/aromatic N) is 2. The van der Waals surface area contributed by atoms with Crippen molar-refractivity contribution in [3.8, 4) is 0 Å². The molecule has 1 aliphatic heterocycles. The zero-order valence-electron chi connectivity index (χ0n) is 14.5. The van der Waals surface area contributed by atoms with Crippen LogP contribution in [-0.2, 0) is 9.59 Å². The van der Waals surface area contributed by atoms with Crippen molar-refractivity contribution in [3.63, 3.8) is 0 Å². The van der Waals surface area contributed by atoms with Crippen molar-refractivity contribution in [1.82, 2.24) is 0 Å². The normalized spacial score (nSPS) is 22.0. The van der Waals surface area contributed by atoms with Crippen LogP contribution < -0.4 is 4.90 Å². The summed E-state index contributed by atoms with van der Waals surface area (Å²) < 4.78 is 0. The van der Waals surface area contributed by atoms with Gasteiger partial charge in [-0.3, -0.25) is 24.6 Å². The van der Waals surface area contributed by atoms with E-state index in [0.717, 1.165) is 35.5 Å². The molecule has 2 aromatic carbocycles. The van der Waals surface area contributed by atoms with Crippen molar-refractivity contribution in [2.45, 2.75) is 35.5 Å². The molecule has 1 heterocycles.